The van der Waals surface area contributed by atoms with Crippen LogP contribution in [0.4, 0.5) is 26.3 Å². The lowest BCUT2D eigenvalue weighted by molar-refractivity contribution is -0.138. The van der Waals surface area contributed by atoms with Crippen LogP contribution in [0.2, 0.25) is 0 Å². The molecule has 0 saturated heterocycles. The van der Waals surface area contributed by atoms with E-state index in [1.807, 2.05) is 57.3 Å². The fourth-order valence-corrected chi connectivity index (χ4v) is 6.94. The summed E-state index contributed by atoms with van der Waals surface area (Å²) in [4.78, 5) is 0. The minimum absolute atomic E-state index is 0.460. The fourth-order valence-electron chi connectivity index (χ4n) is 6.94. The van der Waals surface area contributed by atoms with Gasteiger partial charge in [0.2, 0.25) is 0 Å². The van der Waals surface area contributed by atoms with E-state index in [9.17, 15) is 26.3 Å². The van der Waals surface area contributed by atoms with Gasteiger partial charge in [0, 0.05) is 43.1 Å². The van der Waals surface area contributed by atoms with Crippen molar-refractivity contribution in [3.8, 4) is 0 Å². The standard InChI is InChI=1S/C32H14F6N2/c33-31(34,35)15-10-12-24-19(13-15)27-25-17-5-1-3-7-21(17)39-23-11-9-16(32(36,37)38)14-20(23)28(29(25)39)26-18-6-2-4-8-22(18)40(24)30(26)27/h1-14H. The molecule has 0 bridgehead atoms. The molecule has 0 amide bonds. The molecule has 0 fully saturated rings. The molecule has 2 nitrogen and oxygen atoms in total. The van der Waals surface area contributed by atoms with Gasteiger partial charge in [-0.05, 0) is 48.5 Å². The van der Waals surface area contributed by atoms with Crippen molar-refractivity contribution in [3.05, 3.63) is 96.1 Å². The smallest absolute Gasteiger partial charge is 0.308 e. The molecular weight excluding hydrogens is 526 g/mol. The Bertz CT molecular complexity index is 2330. The van der Waals surface area contributed by atoms with Crippen molar-refractivity contribution in [2.24, 2.45) is 0 Å². The van der Waals surface area contributed by atoms with Gasteiger partial charge in [-0.1, -0.05) is 36.4 Å². The van der Waals surface area contributed by atoms with Crippen LogP contribution in [0.3, 0.4) is 0 Å². The summed E-state index contributed by atoms with van der Waals surface area (Å²) < 4.78 is 87.4. The second kappa shape index (κ2) is 6.70. The first-order valence-corrected chi connectivity index (χ1v) is 12.6. The highest BCUT2D eigenvalue weighted by atomic mass is 19.4. The Morgan fingerprint density at radius 3 is 1.15 bits per heavy atom. The molecule has 0 radical (unpaired) electrons. The zero-order chi connectivity index (χ0) is 27.3. The third kappa shape index (κ3) is 2.44. The normalized spacial score (nSPS) is 13.8. The van der Waals surface area contributed by atoms with E-state index in [2.05, 4.69) is 0 Å². The number of alkyl halides is 6. The number of hydrogen-bond donors (Lipinski definition) is 0. The third-order valence-electron chi connectivity index (χ3n) is 8.39. The topological polar surface area (TPSA) is 8.82 Å². The average molecular weight is 540 g/mol. The van der Waals surface area contributed by atoms with Crippen LogP contribution in [-0.2, 0) is 12.4 Å². The number of halogens is 6. The molecule has 0 aliphatic rings. The van der Waals surface area contributed by atoms with Crippen molar-refractivity contribution in [1.82, 2.24) is 8.80 Å². The van der Waals surface area contributed by atoms with Crippen molar-refractivity contribution in [1.29, 1.82) is 0 Å². The fraction of sp³-hybridized carbons (Fsp3) is 0.0625. The molecule has 5 aromatic carbocycles. The van der Waals surface area contributed by atoms with E-state index in [1.54, 1.807) is 0 Å². The number of benzene rings is 5. The quantitative estimate of drug-likeness (QED) is 0.169. The SMILES string of the molecule is FC(F)(F)c1ccc2c(c1)c1c3c4ccccc4n4c5ccc(C(F)(F)F)cc5c(c5c6ccccc6n2c51)c34. The van der Waals surface area contributed by atoms with Gasteiger partial charge in [0.05, 0.1) is 44.2 Å². The lowest BCUT2D eigenvalue weighted by atomic mass is 9.96. The predicted molar refractivity (Wildman–Crippen MR) is 146 cm³/mol. The Kier molecular flexibility index (Phi) is 3.71. The van der Waals surface area contributed by atoms with Crippen molar-refractivity contribution in [2.45, 2.75) is 12.4 Å². The summed E-state index contributed by atoms with van der Waals surface area (Å²) in [5.74, 6) is 0. The van der Waals surface area contributed by atoms with E-state index in [0.29, 0.717) is 43.6 Å². The predicted octanol–water partition coefficient (Wildman–Crippen LogP) is 10.0. The number of para-hydroxylation sites is 2. The Hall–Kier alpha value is -4.72. The van der Waals surface area contributed by atoms with Crippen LogP contribution in [0.1, 0.15) is 11.1 Å². The molecule has 9 rings (SSSR count). The van der Waals surface area contributed by atoms with Crippen LogP contribution in [-0.4, -0.2) is 8.80 Å². The Balaban J connectivity index is 1.69. The molecule has 0 spiro atoms. The highest BCUT2D eigenvalue weighted by Crippen LogP contribution is 2.52. The summed E-state index contributed by atoms with van der Waals surface area (Å²) >= 11 is 0. The summed E-state index contributed by atoms with van der Waals surface area (Å²) in [6.07, 6.45) is -9.06. The molecule has 194 valence electrons. The number of hydrogen-bond acceptors (Lipinski definition) is 0. The zero-order valence-corrected chi connectivity index (χ0v) is 20.2. The maximum absolute atomic E-state index is 13.9. The van der Waals surface area contributed by atoms with Crippen molar-refractivity contribution in [3.63, 3.8) is 0 Å². The van der Waals surface area contributed by atoms with Gasteiger partial charge in [-0.3, -0.25) is 0 Å². The molecule has 9 aromatic rings. The minimum Gasteiger partial charge on any atom is -0.308 e. The first-order valence-electron chi connectivity index (χ1n) is 12.6. The van der Waals surface area contributed by atoms with Gasteiger partial charge in [0.1, 0.15) is 0 Å². The molecule has 0 aliphatic heterocycles. The Morgan fingerprint density at radius 1 is 0.400 bits per heavy atom. The number of aromatic nitrogens is 2. The first-order chi connectivity index (χ1) is 19.1. The van der Waals surface area contributed by atoms with Crippen molar-refractivity contribution in [2.75, 3.05) is 0 Å². The van der Waals surface area contributed by atoms with E-state index in [4.69, 9.17) is 0 Å². The van der Waals surface area contributed by atoms with Crippen LogP contribution in [0.25, 0.3) is 76.2 Å². The average Bonchev–Trinajstić information content (AvgIpc) is 3.63. The highest BCUT2D eigenvalue weighted by molar-refractivity contribution is 6.45. The minimum atomic E-state index is -4.53. The second-order valence-electron chi connectivity index (χ2n) is 10.4. The van der Waals surface area contributed by atoms with E-state index < -0.39 is 23.5 Å². The van der Waals surface area contributed by atoms with E-state index in [1.165, 1.54) is 24.3 Å². The zero-order valence-electron chi connectivity index (χ0n) is 20.2. The lowest BCUT2D eigenvalue weighted by Gasteiger charge is -2.08. The Labute approximate surface area is 219 Å². The lowest BCUT2D eigenvalue weighted by Crippen LogP contribution is -2.04. The van der Waals surface area contributed by atoms with Gasteiger partial charge in [0.25, 0.3) is 0 Å². The summed E-state index contributed by atoms with van der Waals surface area (Å²) in [7, 11) is 0. The number of rotatable bonds is 0. The van der Waals surface area contributed by atoms with E-state index in [0.717, 1.165) is 44.7 Å². The van der Waals surface area contributed by atoms with Gasteiger partial charge in [-0.25, -0.2) is 0 Å². The molecule has 0 N–H and O–H groups in total. The summed E-state index contributed by atoms with van der Waals surface area (Å²) in [6.45, 7) is 0. The number of nitrogens with zero attached hydrogens (tertiary/aromatic N) is 2. The van der Waals surface area contributed by atoms with Gasteiger partial charge in [-0.15, -0.1) is 0 Å². The third-order valence-corrected chi connectivity index (χ3v) is 8.39. The summed E-state index contributed by atoms with van der Waals surface area (Å²) in [5.41, 5.74) is 2.75. The second-order valence-corrected chi connectivity index (χ2v) is 10.4. The molecule has 0 aliphatic carbocycles. The van der Waals surface area contributed by atoms with Crippen LogP contribution < -0.4 is 0 Å². The van der Waals surface area contributed by atoms with Crippen molar-refractivity contribution >= 4 is 76.2 Å². The molecular formula is C32H14F6N2. The van der Waals surface area contributed by atoms with Crippen LogP contribution in [0.15, 0.2) is 84.9 Å². The number of fused-ring (bicyclic) bond motifs is 14. The Morgan fingerprint density at radius 2 is 0.750 bits per heavy atom. The summed E-state index contributed by atoms with van der Waals surface area (Å²) in [6, 6.07) is 22.7. The molecule has 0 atom stereocenters. The molecule has 4 heterocycles. The van der Waals surface area contributed by atoms with Gasteiger partial charge in [0.15, 0.2) is 0 Å². The molecule has 8 heteroatoms. The first kappa shape index (κ1) is 22.1. The van der Waals surface area contributed by atoms with Crippen molar-refractivity contribution < 1.29 is 26.3 Å². The van der Waals surface area contributed by atoms with Crippen LogP contribution >= 0.6 is 0 Å². The molecule has 0 saturated carbocycles. The van der Waals surface area contributed by atoms with Gasteiger partial charge >= 0.3 is 12.4 Å². The molecule has 0 unspecified atom stereocenters. The van der Waals surface area contributed by atoms with Gasteiger partial charge in [-0.2, -0.15) is 26.3 Å². The van der Waals surface area contributed by atoms with Gasteiger partial charge < -0.3 is 8.80 Å². The maximum atomic E-state index is 13.9. The molecule has 40 heavy (non-hydrogen) atoms. The molecule has 4 aromatic heterocycles. The largest absolute Gasteiger partial charge is 0.416 e. The highest BCUT2D eigenvalue weighted by Gasteiger charge is 2.34. The summed E-state index contributed by atoms with van der Waals surface area (Å²) in [5, 5.41) is 5.42. The van der Waals surface area contributed by atoms with E-state index >= 15 is 0 Å². The maximum Gasteiger partial charge on any atom is 0.416 e. The van der Waals surface area contributed by atoms with Crippen LogP contribution in [0.5, 0.6) is 0 Å². The van der Waals surface area contributed by atoms with E-state index in [-0.39, 0.29) is 0 Å². The monoisotopic (exact) mass is 540 g/mol. The van der Waals surface area contributed by atoms with Crippen LogP contribution in [0, 0.1) is 0 Å².